The summed E-state index contributed by atoms with van der Waals surface area (Å²) in [6, 6.07) is 12.5. The van der Waals surface area contributed by atoms with Crippen LogP contribution in [-0.2, 0) is 12.8 Å². The summed E-state index contributed by atoms with van der Waals surface area (Å²) in [6.07, 6.45) is -2.70. The van der Waals surface area contributed by atoms with E-state index < -0.39 is 29.7 Å². The van der Waals surface area contributed by atoms with Crippen LogP contribution in [0, 0.1) is 5.82 Å². The van der Waals surface area contributed by atoms with Crippen LogP contribution in [0.15, 0.2) is 48.5 Å². The van der Waals surface area contributed by atoms with Crippen molar-refractivity contribution in [1.29, 1.82) is 0 Å². The van der Waals surface area contributed by atoms with Crippen molar-refractivity contribution in [2.45, 2.75) is 30.6 Å². The SMILES string of the molecule is N[C@H]1[C@@H](F)CN(C(=O)O)[C@@]1(Cc1ccccc1)Cc1cccc(Cl)c1F. The second-order valence-corrected chi connectivity index (χ2v) is 7.00. The Kier molecular flexibility index (Phi) is 5.16. The fourth-order valence-electron chi connectivity index (χ4n) is 3.71. The van der Waals surface area contributed by atoms with Gasteiger partial charge in [0.15, 0.2) is 0 Å². The van der Waals surface area contributed by atoms with Gasteiger partial charge >= 0.3 is 6.09 Å². The van der Waals surface area contributed by atoms with Gasteiger partial charge in [-0.25, -0.2) is 13.6 Å². The summed E-state index contributed by atoms with van der Waals surface area (Å²) in [4.78, 5) is 12.8. The quantitative estimate of drug-likeness (QED) is 0.850. The highest BCUT2D eigenvalue weighted by atomic mass is 35.5. The van der Waals surface area contributed by atoms with E-state index in [0.717, 1.165) is 10.5 Å². The molecule has 4 nitrogen and oxygen atoms in total. The second kappa shape index (κ2) is 7.21. The van der Waals surface area contributed by atoms with Crippen LogP contribution >= 0.6 is 11.6 Å². The first-order valence-electron chi connectivity index (χ1n) is 8.22. The molecule has 3 rings (SSSR count). The Bertz CT molecular complexity index is 805. The smallest absolute Gasteiger partial charge is 0.407 e. The molecule has 0 saturated carbocycles. The molecular weight excluding hydrogens is 362 g/mol. The standard InChI is InChI=1S/C19H19ClF2N2O2/c20-14-8-4-7-13(16(14)22)10-19(9-12-5-2-1-3-6-12)17(23)15(21)11-24(19)18(25)26/h1-8,15,17H,9-11,23H2,(H,25,26)/t15-,17-,19-/m0/s1. The van der Waals surface area contributed by atoms with Gasteiger partial charge in [0.2, 0.25) is 0 Å². The van der Waals surface area contributed by atoms with E-state index in [0.29, 0.717) is 0 Å². The van der Waals surface area contributed by atoms with E-state index >= 15 is 0 Å². The predicted octanol–water partition coefficient (Wildman–Crippen LogP) is 3.66. The van der Waals surface area contributed by atoms with Gasteiger partial charge in [-0.3, -0.25) is 4.90 Å². The number of carbonyl (C=O) groups is 1. The van der Waals surface area contributed by atoms with Crippen LogP contribution in [0.25, 0.3) is 0 Å². The van der Waals surface area contributed by atoms with E-state index in [2.05, 4.69) is 0 Å². The highest BCUT2D eigenvalue weighted by Crippen LogP contribution is 2.38. The molecule has 3 N–H and O–H groups in total. The van der Waals surface area contributed by atoms with Gasteiger partial charge in [0, 0.05) is 6.42 Å². The molecule has 0 aliphatic carbocycles. The molecule has 2 aromatic rings. The molecular formula is C19H19ClF2N2O2. The number of rotatable bonds is 4. The van der Waals surface area contributed by atoms with E-state index in [4.69, 9.17) is 17.3 Å². The number of hydrogen-bond acceptors (Lipinski definition) is 2. The van der Waals surface area contributed by atoms with Gasteiger partial charge in [-0.05, 0) is 23.6 Å². The molecule has 7 heteroatoms. The molecule has 1 heterocycles. The summed E-state index contributed by atoms with van der Waals surface area (Å²) < 4.78 is 28.9. The monoisotopic (exact) mass is 380 g/mol. The van der Waals surface area contributed by atoms with Crippen LogP contribution < -0.4 is 5.73 Å². The Morgan fingerprint density at radius 1 is 1.23 bits per heavy atom. The number of nitrogens with two attached hydrogens (primary N) is 1. The van der Waals surface area contributed by atoms with Crippen molar-refractivity contribution in [2.75, 3.05) is 6.54 Å². The number of halogens is 3. The predicted molar refractivity (Wildman–Crippen MR) is 95.6 cm³/mol. The highest BCUT2D eigenvalue weighted by molar-refractivity contribution is 6.30. The van der Waals surface area contributed by atoms with E-state index in [1.165, 1.54) is 12.1 Å². The molecule has 3 atom stereocenters. The molecule has 0 aromatic heterocycles. The zero-order valence-electron chi connectivity index (χ0n) is 13.9. The Hall–Kier alpha value is -2.18. The molecule has 1 fully saturated rings. The van der Waals surface area contributed by atoms with E-state index in [9.17, 15) is 18.7 Å². The number of nitrogens with zero attached hydrogens (tertiary/aromatic N) is 1. The van der Waals surface area contributed by atoms with Crippen molar-refractivity contribution in [3.63, 3.8) is 0 Å². The largest absolute Gasteiger partial charge is 0.465 e. The van der Waals surface area contributed by atoms with Crippen LogP contribution in [-0.4, -0.2) is 40.4 Å². The second-order valence-electron chi connectivity index (χ2n) is 6.59. The number of amides is 1. The van der Waals surface area contributed by atoms with Crippen molar-refractivity contribution in [3.8, 4) is 0 Å². The molecule has 138 valence electrons. The fraction of sp³-hybridized carbons (Fsp3) is 0.316. The van der Waals surface area contributed by atoms with Crippen molar-refractivity contribution >= 4 is 17.7 Å². The maximum Gasteiger partial charge on any atom is 0.407 e. The van der Waals surface area contributed by atoms with Crippen LogP contribution in [0.1, 0.15) is 11.1 Å². The lowest BCUT2D eigenvalue weighted by molar-refractivity contribution is 0.0947. The van der Waals surface area contributed by atoms with Crippen molar-refractivity contribution in [2.24, 2.45) is 5.73 Å². The van der Waals surface area contributed by atoms with Crippen LogP contribution in [0.5, 0.6) is 0 Å². The molecule has 1 saturated heterocycles. The maximum atomic E-state index is 14.5. The average molecular weight is 381 g/mol. The average Bonchev–Trinajstić information content (AvgIpc) is 2.85. The van der Waals surface area contributed by atoms with E-state index in [-0.39, 0.29) is 30.0 Å². The minimum atomic E-state index is -1.53. The third kappa shape index (κ3) is 3.27. The highest BCUT2D eigenvalue weighted by Gasteiger charge is 2.55. The van der Waals surface area contributed by atoms with Crippen molar-refractivity contribution < 1.29 is 18.7 Å². The van der Waals surface area contributed by atoms with Gasteiger partial charge < -0.3 is 10.8 Å². The lowest BCUT2D eigenvalue weighted by Gasteiger charge is -2.40. The van der Waals surface area contributed by atoms with Gasteiger partial charge in [0.25, 0.3) is 0 Å². The molecule has 0 unspecified atom stereocenters. The Balaban J connectivity index is 2.09. The molecule has 0 radical (unpaired) electrons. The zero-order valence-corrected chi connectivity index (χ0v) is 14.7. The molecule has 0 spiro atoms. The van der Waals surface area contributed by atoms with E-state index in [1.807, 2.05) is 30.3 Å². The third-order valence-corrected chi connectivity index (χ3v) is 5.31. The van der Waals surface area contributed by atoms with Crippen molar-refractivity contribution in [1.82, 2.24) is 4.90 Å². The first kappa shape index (κ1) is 18.6. The first-order chi connectivity index (χ1) is 12.3. The fourth-order valence-corrected chi connectivity index (χ4v) is 3.90. The Labute approximate surface area is 155 Å². The summed E-state index contributed by atoms with van der Waals surface area (Å²) in [7, 11) is 0. The molecule has 2 aromatic carbocycles. The minimum absolute atomic E-state index is 0.0670. The van der Waals surface area contributed by atoms with Gasteiger partial charge in [0.05, 0.1) is 23.1 Å². The van der Waals surface area contributed by atoms with E-state index in [1.54, 1.807) is 6.07 Å². The summed E-state index contributed by atoms with van der Waals surface area (Å²) in [5.74, 6) is -0.638. The van der Waals surface area contributed by atoms with Gasteiger partial charge in [-0.1, -0.05) is 54.1 Å². The number of likely N-dealkylation sites (tertiary alicyclic amines) is 1. The molecule has 1 amide bonds. The number of hydrogen-bond donors (Lipinski definition) is 2. The van der Waals surface area contributed by atoms with Gasteiger partial charge in [0.1, 0.15) is 12.0 Å². The van der Waals surface area contributed by atoms with Gasteiger partial charge in [-0.2, -0.15) is 0 Å². The Morgan fingerprint density at radius 3 is 2.58 bits per heavy atom. The molecule has 26 heavy (non-hydrogen) atoms. The number of benzene rings is 2. The summed E-state index contributed by atoms with van der Waals surface area (Å²) in [5.41, 5.74) is 5.84. The molecule has 0 bridgehead atoms. The van der Waals surface area contributed by atoms with Crippen molar-refractivity contribution in [3.05, 3.63) is 70.5 Å². The number of alkyl halides is 1. The summed E-state index contributed by atoms with van der Waals surface area (Å²) >= 11 is 5.86. The van der Waals surface area contributed by atoms with Crippen LogP contribution in [0.4, 0.5) is 13.6 Å². The summed E-state index contributed by atoms with van der Waals surface area (Å²) in [5, 5.41) is 9.58. The minimum Gasteiger partial charge on any atom is -0.465 e. The van der Waals surface area contributed by atoms with Gasteiger partial charge in [-0.15, -0.1) is 0 Å². The molecule has 1 aliphatic rings. The maximum absolute atomic E-state index is 14.5. The lowest BCUT2D eigenvalue weighted by Crippen LogP contribution is -2.59. The third-order valence-electron chi connectivity index (χ3n) is 5.02. The van der Waals surface area contributed by atoms with Crippen LogP contribution in [0.3, 0.4) is 0 Å². The summed E-state index contributed by atoms with van der Waals surface area (Å²) in [6.45, 7) is -0.342. The normalized spacial score (nSPS) is 25.5. The lowest BCUT2D eigenvalue weighted by atomic mass is 9.79. The Morgan fingerprint density at radius 2 is 1.92 bits per heavy atom. The molecule has 1 aliphatic heterocycles. The topological polar surface area (TPSA) is 66.6 Å². The zero-order chi connectivity index (χ0) is 18.9. The van der Waals surface area contributed by atoms with Crippen LogP contribution in [0.2, 0.25) is 5.02 Å². The number of carboxylic acid groups (broad SMARTS) is 1. The first-order valence-corrected chi connectivity index (χ1v) is 8.60.